The fourth-order valence-electron chi connectivity index (χ4n) is 0.688. The molecule has 3 nitrogen and oxygen atoms in total. The van der Waals surface area contributed by atoms with Gasteiger partial charge in [-0.15, -0.1) is 0 Å². The topological polar surface area (TPSA) is 38.3 Å². The van der Waals surface area contributed by atoms with E-state index in [0.29, 0.717) is 12.3 Å². The molecule has 0 bridgehead atoms. The molecule has 0 aromatic rings. The maximum Gasteiger partial charge on any atom is 0.354 e. The molecular formula is C6H8FNO2. The summed E-state index contributed by atoms with van der Waals surface area (Å²) in [5, 5.41) is 2.59. The summed E-state index contributed by atoms with van der Waals surface area (Å²) in [6.07, 6.45) is 1.60. The summed E-state index contributed by atoms with van der Waals surface area (Å²) in [6, 6.07) is 0. The van der Waals surface area contributed by atoms with Crippen molar-refractivity contribution in [1.29, 1.82) is 0 Å². The summed E-state index contributed by atoms with van der Waals surface area (Å²) in [5.41, 5.74) is 0.373. The van der Waals surface area contributed by atoms with E-state index in [1.165, 1.54) is 0 Å². The Balaban J connectivity index is 2.33. The van der Waals surface area contributed by atoms with Crippen molar-refractivity contribution in [2.75, 3.05) is 19.8 Å². The highest BCUT2D eigenvalue weighted by Crippen LogP contribution is 2.01. The molecule has 10 heavy (non-hydrogen) atoms. The van der Waals surface area contributed by atoms with E-state index in [1.54, 1.807) is 6.08 Å². The lowest BCUT2D eigenvalue weighted by Crippen LogP contribution is -2.20. The average Bonchev–Trinajstić information content (AvgIpc) is 2.31. The van der Waals surface area contributed by atoms with E-state index < -0.39 is 12.6 Å². The van der Waals surface area contributed by atoms with Crippen molar-refractivity contribution in [3.05, 3.63) is 11.8 Å². The first kappa shape index (κ1) is 7.05. The van der Waals surface area contributed by atoms with Crippen molar-refractivity contribution < 1.29 is 13.9 Å². The molecule has 0 unspecified atom stereocenters. The number of carbonyl (C=O) groups is 1. The number of alkyl halides is 1. The maximum atomic E-state index is 11.5. The quantitative estimate of drug-likeness (QED) is 0.567. The molecule has 1 heterocycles. The van der Waals surface area contributed by atoms with Gasteiger partial charge in [-0.1, -0.05) is 0 Å². The number of hydrogen-bond acceptors (Lipinski definition) is 3. The monoisotopic (exact) mass is 145 g/mol. The molecule has 0 saturated carbocycles. The zero-order chi connectivity index (χ0) is 7.40. The molecule has 0 radical (unpaired) electrons. The number of esters is 1. The normalized spacial score (nSPS) is 16.5. The lowest BCUT2D eigenvalue weighted by Gasteiger charge is -1.99. The van der Waals surface area contributed by atoms with Crippen molar-refractivity contribution in [1.82, 2.24) is 5.32 Å². The van der Waals surface area contributed by atoms with Crippen LogP contribution in [0.15, 0.2) is 11.8 Å². The molecule has 0 spiro atoms. The van der Waals surface area contributed by atoms with Crippen LogP contribution in [0.4, 0.5) is 4.39 Å². The fourth-order valence-corrected chi connectivity index (χ4v) is 0.688. The van der Waals surface area contributed by atoms with Gasteiger partial charge >= 0.3 is 5.97 Å². The summed E-state index contributed by atoms with van der Waals surface area (Å²) in [7, 11) is 0. The molecule has 1 N–H and O–H groups in total. The molecule has 56 valence electrons. The minimum absolute atomic E-state index is 0.168. The summed E-state index contributed by atoms with van der Waals surface area (Å²) in [5.74, 6) is -0.395. The first-order chi connectivity index (χ1) is 4.84. The van der Waals surface area contributed by atoms with Crippen molar-refractivity contribution in [3.8, 4) is 0 Å². The predicted molar refractivity (Wildman–Crippen MR) is 33.0 cm³/mol. The number of halogens is 1. The van der Waals surface area contributed by atoms with Gasteiger partial charge in [0.1, 0.15) is 19.0 Å². The highest BCUT2D eigenvalue weighted by Gasteiger charge is 2.14. The molecule has 0 aliphatic carbocycles. The number of nitrogens with one attached hydrogen (secondary N) is 1. The number of ether oxygens (including phenoxy) is 1. The Labute approximate surface area is 57.9 Å². The predicted octanol–water partition coefficient (Wildman–Crippen LogP) is -0.0138. The highest BCUT2D eigenvalue weighted by atomic mass is 19.1. The third kappa shape index (κ3) is 1.46. The second-order valence-electron chi connectivity index (χ2n) is 1.83. The van der Waals surface area contributed by atoms with Crippen molar-refractivity contribution >= 4 is 5.97 Å². The first-order valence-corrected chi connectivity index (χ1v) is 3.01. The Bertz CT molecular complexity index is 167. The average molecular weight is 145 g/mol. The molecule has 4 heteroatoms. The van der Waals surface area contributed by atoms with Gasteiger partial charge in [-0.25, -0.2) is 9.18 Å². The minimum Gasteiger partial charge on any atom is -0.457 e. The number of carbonyl (C=O) groups excluding carboxylic acids is 1. The third-order valence-electron chi connectivity index (χ3n) is 1.13. The number of rotatable bonds is 3. The Kier molecular flexibility index (Phi) is 2.25. The molecule has 0 aromatic heterocycles. The van der Waals surface area contributed by atoms with Crippen LogP contribution in [0.1, 0.15) is 0 Å². The van der Waals surface area contributed by atoms with Gasteiger partial charge in [-0.3, -0.25) is 0 Å². The van der Waals surface area contributed by atoms with E-state index in [9.17, 15) is 9.18 Å². The molecule has 1 rings (SSSR count). The zero-order valence-electron chi connectivity index (χ0n) is 5.39. The molecule has 0 atom stereocenters. The Hall–Kier alpha value is -1.06. The second kappa shape index (κ2) is 3.20. The number of cyclic esters (lactones) is 1. The van der Waals surface area contributed by atoms with E-state index in [4.69, 9.17) is 0 Å². The van der Waals surface area contributed by atoms with Gasteiger partial charge in [-0.2, -0.15) is 0 Å². The van der Waals surface area contributed by atoms with Crippen molar-refractivity contribution in [3.63, 3.8) is 0 Å². The van der Waals surface area contributed by atoms with Crippen LogP contribution in [0, 0.1) is 0 Å². The smallest absolute Gasteiger partial charge is 0.354 e. The van der Waals surface area contributed by atoms with Crippen LogP contribution in [0.2, 0.25) is 0 Å². The Morgan fingerprint density at radius 2 is 2.60 bits per heavy atom. The van der Waals surface area contributed by atoms with Gasteiger partial charge in [0.15, 0.2) is 0 Å². The molecule has 0 saturated heterocycles. The second-order valence-corrected chi connectivity index (χ2v) is 1.83. The lowest BCUT2D eigenvalue weighted by molar-refractivity contribution is -0.136. The summed E-state index contributed by atoms with van der Waals surface area (Å²) in [6.45, 7) is -0.0149. The summed E-state index contributed by atoms with van der Waals surface area (Å²) >= 11 is 0. The van der Waals surface area contributed by atoms with Crippen molar-refractivity contribution in [2.45, 2.75) is 0 Å². The Morgan fingerprint density at radius 3 is 3.10 bits per heavy atom. The first-order valence-electron chi connectivity index (χ1n) is 3.01. The summed E-state index contributed by atoms with van der Waals surface area (Å²) < 4.78 is 16.1. The molecular weight excluding hydrogens is 137 g/mol. The number of hydrogen-bond donors (Lipinski definition) is 1. The SMILES string of the molecule is O=C1OCC=C1NCCF. The molecule has 0 aromatic carbocycles. The molecule has 1 aliphatic heterocycles. The van der Waals surface area contributed by atoms with Gasteiger partial charge in [0.2, 0.25) is 0 Å². The van der Waals surface area contributed by atoms with Gasteiger partial charge in [-0.05, 0) is 6.08 Å². The van der Waals surface area contributed by atoms with E-state index in [1.807, 2.05) is 0 Å². The van der Waals surface area contributed by atoms with Crippen LogP contribution >= 0.6 is 0 Å². The zero-order valence-corrected chi connectivity index (χ0v) is 5.39. The van der Waals surface area contributed by atoms with Crippen molar-refractivity contribution in [2.24, 2.45) is 0 Å². The van der Waals surface area contributed by atoms with Crippen LogP contribution < -0.4 is 5.32 Å². The lowest BCUT2D eigenvalue weighted by atomic mass is 10.4. The van der Waals surface area contributed by atoms with E-state index in [2.05, 4.69) is 10.1 Å². The largest absolute Gasteiger partial charge is 0.457 e. The Morgan fingerprint density at radius 1 is 1.80 bits per heavy atom. The fraction of sp³-hybridized carbons (Fsp3) is 0.500. The minimum atomic E-state index is -0.482. The molecule has 1 aliphatic rings. The van der Waals surface area contributed by atoms with Gasteiger partial charge < -0.3 is 10.1 Å². The maximum absolute atomic E-state index is 11.5. The molecule has 0 fully saturated rings. The van der Waals surface area contributed by atoms with E-state index >= 15 is 0 Å². The van der Waals surface area contributed by atoms with Gasteiger partial charge in [0.25, 0.3) is 0 Å². The van der Waals surface area contributed by atoms with Crippen LogP contribution in [-0.2, 0) is 9.53 Å². The third-order valence-corrected chi connectivity index (χ3v) is 1.13. The standard InChI is InChI=1S/C6H8FNO2/c7-2-3-8-5-1-4-10-6(5)9/h1,8H,2-4H2. The van der Waals surface area contributed by atoms with Crippen LogP contribution in [0.25, 0.3) is 0 Å². The van der Waals surface area contributed by atoms with Crippen LogP contribution in [-0.4, -0.2) is 25.8 Å². The van der Waals surface area contributed by atoms with E-state index in [-0.39, 0.29) is 6.54 Å². The van der Waals surface area contributed by atoms with Crippen LogP contribution in [0.3, 0.4) is 0 Å². The van der Waals surface area contributed by atoms with Gasteiger partial charge in [0, 0.05) is 6.54 Å². The van der Waals surface area contributed by atoms with E-state index in [0.717, 1.165) is 0 Å². The highest BCUT2D eigenvalue weighted by molar-refractivity contribution is 5.89. The van der Waals surface area contributed by atoms with Gasteiger partial charge in [0.05, 0.1) is 0 Å². The van der Waals surface area contributed by atoms with Crippen LogP contribution in [0.5, 0.6) is 0 Å². The molecule has 0 amide bonds. The summed E-state index contributed by atoms with van der Waals surface area (Å²) in [4.78, 5) is 10.6.